The first kappa shape index (κ1) is 21.3. The van der Waals surface area contributed by atoms with Gasteiger partial charge in [-0.3, -0.25) is 14.4 Å². The van der Waals surface area contributed by atoms with Crippen molar-refractivity contribution in [2.75, 3.05) is 38.2 Å². The lowest BCUT2D eigenvalue weighted by Gasteiger charge is -2.31. The zero-order chi connectivity index (χ0) is 21.8. The van der Waals surface area contributed by atoms with Gasteiger partial charge in [0.15, 0.2) is 5.82 Å². The van der Waals surface area contributed by atoms with E-state index >= 15 is 0 Å². The van der Waals surface area contributed by atoms with Crippen LogP contribution in [-0.2, 0) is 20.9 Å². The molecule has 3 heterocycles. The topological polar surface area (TPSA) is 84.7 Å². The third kappa shape index (κ3) is 4.57. The molecule has 166 valence electrons. The Hall–Kier alpha value is -2.90. The average Bonchev–Trinajstić information content (AvgIpc) is 2.83. The van der Waals surface area contributed by atoms with Gasteiger partial charge in [0, 0.05) is 39.1 Å². The molecule has 0 aliphatic carbocycles. The van der Waals surface area contributed by atoms with E-state index in [-0.39, 0.29) is 29.8 Å². The maximum absolute atomic E-state index is 13.3. The van der Waals surface area contributed by atoms with Crippen molar-refractivity contribution >= 4 is 28.7 Å². The van der Waals surface area contributed by atoms with Gasteiger partial charge in [0.05, 0.1) is 24.1 Å². The van der Waals surface area contributed by atoms with Crippen LogP contribution in [0.4, 0.5) is 5.82 Å². The standard InChI is InChI=1S/C23H30N4O4/c1-31-23(30)17-9-14-25(15-10-17)20(28)11-16-27-19-8-4-3-7-18(19)24-21(22(27)29)26-12-5-2-6-13-26/h3-4,7-8,17H,2,5-6,9-16H2,1H3. The van der Waals surface area contributed by atoms with E-state index < -0.39 is 0 Å². The van der Waals surface area contributed by atoms with Crippen molar-refractivity contribution in [2.45, 2.75) is 45.1 Å². The van der Waals surface area contributed by atoms with Crippen molar-refractivity contribution in [3.63, 3.8) is 0 Å². The molecule has 2 aliphatic heterocycles. The molecule has 0 N–H and O–H groups in total. The molecule has 1 aromatic carbocycles. The third-order valence-electron chi connectivity index (χ3n) is 6.42. The fourth-order valence-electron chi connectivity index (χ4n) is 4.61. The van der Waals surface area contributed by atoms with E-state index in [2.05, 4.69) is 9.88 Å². The van der Waals surface area contributed by atoms with Gasteiger partial charge < -0.3 is 19.1 Å². The minimum Gasteiger partial charge on any atom is -0.469 e. The van der Waals surface area contributed by atoms with E-state index in [9.17, 15) is 14.4 Å². The van der Waals surface area contributed by atoms with Crippen LogP contribution in [0.3, 0.4) is 0 Å². The molecule has 0 saturated carbocycles. The molecule has 8 heteroatoms. The second kappa shape index (κ2) is 9.49. The van der Waals surface area contributed by atoms with Crippen molar-refractivity contribution in [1.29, 1.82) is 0 Å². The van der Waals surface area contributed by atoms with Crippen LogP contribution < -0.4 is 10.5 Å². The SMILES string of the molecule is COC(=O)C1CCN(C(=O)CCn2c(=O)c(N3CCCCC3)nc3ccccc32)CC1. The first-order chi connectivity index (χ1) is 15.1. The quantitative estimate of drug-likeness (QED) is 0.682. The van der Waals surface area contributed by atoms with Gasteiger partial charge in [-0.1, -0.05) is 12.1 Å². The van der Waals surface area contributed by atoms with Crippen LogP contribution in [0.1, 0.15) is 38.5 Å². The smallest absolute Gasteiger partial charge is 0.308 e. The number of hydrogen-bond acceptors (Lipinski definition) is 6. The Morgan fingerprint density at radius 2 is 1.77 bits per heavy atom. The molecule has 2 aliphatic rings. The Morgan fingerprint density at radius 1 is 1.06 bits per heavy atom. The zero-order valence-electron chi connectivity index (χ0n) is 18.1. The molecular formula is C23H30N4O4. The van der Waals surface area contributed by atoms with Crippen LogP contribution in [0.5, 0.6) is 0 Å². The average molecular weight is 427 g/mol. The first-order valence-electron chi connectivity index (χ1n) is 11.2. The number of likely N-dealkylation sites (tertiary alicyclic amines) is 1. The summed E-state index contributed by atoms with van der Waals surface area (Å²) in [6.07, 6.45) is 4.79. The lowest BCUT2D eigenvalue weighted by molar-refractivity contribution is -0.148. The van der Waals surface area contributed by atoms with Gasteiger partial charge in [-0.25, -0.2) is 4.98 Å². The lowest BCUT2D eigenvalue weighted by atomic mass is 9.97. The molecule has 1 aromatic heterocycles. The van der Waals surface area contributed by atoms with E-state index in [1.165, 1.54) is 13.5 Å². The summed E-state index contributed by atoms with van der Waals surface area (Å²) < 4.78 is 6.52. The highest BCUT2D eigenvalue weighted by Gasteiger charge is 2.28. The molecule has 0 unspecified atom stereocenters. The summed E-state index contributed by atoms with van der Waals surface area (Å²) in [6.45, 7) is 3.09. The summed E-state index contributed by atoms with van der Waals surface area (Å²) in [7, 11) is 1.40. The molecule has 31 heavy (non-hydrogen) atoms. The second-order valence-corrected chi connectivity index (χ2v) is 8.36. The number of anilines is 1. The number of piperidine rings is 2. The molecular weight excluding hydrogens is 396 g/mol. The fourth-order valence-corrected chi connectivity index (χ4v) is 4.61. The molecule has 2 saturated heterocycles. The number of carbonyl (C=O) groups excluding carboxylic acids is 2. The van der Waals surface area contributed by atoms with Crippen LogP contribution in [0.25, 0.3) is 11.0 Å². The Balaban J connectivity index is 1.50. The minimum atomic E-state index is -0.202. The number of fused-ring (bicyclic) bond motifs is 1. The number of carbonyl (C=O) groups is 2. The summed E-state index contributed by atoms with van der Waals surface area (Å²) in [5, 5.41) is 0. The van der Waals surface area contributed by atoms with Gasteiger partial charge in [0.2, 0.25) is 5.91 Å². The summed E-state index contributed by atoms with van der Waals surface area (Å²) in [4.78, 5) is 46.4. The molecule has 0 radical (unpaired) electrons. The molecule has 2 fully saturated rings. The molecule has 4 rings (SSSR count). The molecule has 0 spiro atoms. The molecule has 8 nitrogen and oxygen atoms in total. The van der Waals surface area contributed by atoms with E-state index in [0.717, 1.165) is 37.0 Å². The number of rotatable bonds is 5. The predicted molar refractivity (Wildman–Crippen MR) is 118 cm³/mol. The maximum Gasteiger partial charge on any atom is 0.308 e. The highest BCUT2D eigenvalue weighted by molar-refractivity contribution is 5.79. The van der Waals surface area contributed by atoms with Crippen LogP contribution in [0.2, 0.25) is 0 Å². The van der Waals surface area contributed by atoms with Crippen molar-refractivity contribution in [1.82, 2.24) is 14.5 Å². The molecule has 0 atom stereocenters. The van der Waals surface area contributed by atoms with Gasteiger partial charge in [0.25, 0.3) is 5.56 Å². The molecule has 2 aromatic rings. The fraction of sp³-hybridized carbons (Fsp3) is 0.565. The van der Waals surface area contributed by atoms with E-state index in [0.29, 0.717) is 38.3 Å². The number of nitrogens with zero attached hydrogens (tertiary/aromatic N) is 4. The maximum atomic E-state index is 13.3. The third-order valence-corrected chi connectivity index (χ3v) is 6.42. The number of ether oxygens (including phenoxy) is 1. The number of benzene rings is 1. The van der Waals surface area contributed by atoms with E-state index in [4.69, 9.17) is 4.74 Å². The predicted octanol–water partition coefficient (Wildman–Crippen LogP) is 2.19. The Bertz CT molecular complexity index is 1000. The first-order valence-corrected chi connectivity index (χ1v) is 11.2. The van der Waals surface area contributed by atoms with Crippen molar-refractivity contribution < 1.29 is 14.3 Å². The number of para-hydroxylation sites is 2. The number of methoxy groups -OCH3 is 1. The largest absolute Gasteiger partial charge is 0.469 e. The Morgan fingerprint density at radius 3 is 2.48 bits per heavy atom. The number of aryl methyl sites for hydroxylation is 1. The van der Waals surface area contributed by atoms with E-state index in [1.54, 1.807) is 9.47 Å². The van der Waals surface area contributed by atoms with Crippen LogP contribution >= 0.6 is 0 Å². The highest BCUT2D eigenvalue weighted by atomic mass is 16.5. The number of aromatic nitrogens is 2. The van der Waals surface area contributed by atoms with Gasteiger partial charge >= 0.3 is 5.97 Å². The van der Waals surface area contributed by atoms with Crippen molar-refractivity contribution in [3.05, 3.63) is 34.6 Å². The summed E-state index contributed by atoms with van der Waals surface area (Å²) in [6, 6.07) is 7.61. The summed E-state index contributed by atoms with van der Waals surface area (Å²) in [5.74, 6) is 0.167. The second-order valence-electron chi connectivity index (χ2n) is 8.36. The normalized spacial score (nSPS) is 17.7. The Labute approximate surface area is 181 Å². The van der Waals surface area contributed by atoms with E-state index in [1.807, 2.05) is 24.3 Å². The van der Waals surface area contributed by atoms with Gasteiger partial charge in [-0.05, 0) is 44.2 Å². The zero-order valence-corrected chi connectivity index (χ0v) is 18.1. The van der Waals surface area contributed by atoms with Gasteiger partial charge in [-0.15, -0.1) is 0 Å². The number of hydrogen-bond donors (Lipinski definition) is 0. The van der Waals surface area contributed by atoms with Crippen LogP contribution in [-0.4, -0.2) is 59.6 Å². The van der Waals surface area contributed by atoms with Gasteiger partial charge in [0.1, 0.15) is 0 Å². The summed E-state index contributed by atoms with van der Waals surface area (Å²) >= 11 is 0. The lowest BCUT2D eigenvalue weighted by Crippen LogP contribution is -2.41. The minimum absolute atomic E-state index is 0.00984. The van der Waals surface area contributed by atoms with Crippen LogP contribution in [0.15, 0.2) is 29.1 Å². The van der Waals surface area contributed by atoms with Crippen LogP contribution in [0, 0.1) is 5.92 Å². The number of amides is 1. The Kier molecular flexibility index (Phi) is 6.53. The van der Waals surface area contributed by atoms with Crippen molar-refractivity contribution in [3.8, 4) is 0 Å². The number of esters is 1. The van der Waals surface area contributed by atoms with Gasteiger partial charge in [-0.2, -0.15) is 0 Å². The monoisotopic (exact) mass is 426 g/mol. The summed E-state index contributed by atoms with van der Waals surface area (Å²) in [5.41, 5.74) is 1.40. The molecule has 1 amide bonds. The van der Waals surface area contributed by atoms with Crippen molar-refractivity contribution in [2.24, 2.45) is 5.92 Å². The molecule has 0 bridgehead atoms. The highest BCUT2D eigenvalue weighted by Crippen LogP contribution is 2.21.